The lowest BCUT2D eigenvalue weighted by atomic mass is 10.3. The molecule has 1 atom stereocenters. The van der Waals surface area contributed by atoms with Crippen molar-refractivity contribution in [2.24, 2.45) is 5.10 Å². The molecule has 1 aliphatic heterocycles. The van der Waals surface area contributed by atoms with Crippen LogP contribution in [0.1, 0.15) is 0 Å². The van der Waals surface area contributed by atoms with Gasteiger partial charge >= 0.3 is 0 Å². The number of benzene rings is 1. The van der Waals surface area contributed by atoms with Crippen LogP contribution in [0.25, 0.3) is 11.5 Å². The van der Waals surface area contributed by atoms with Crippen molar-refractivity contribution >= 4 is 72.3 Å². The largest absolute Gasteiger partial charge is 0.307 e. The van der Waals surface area contributed by atoms with Gasteiger partial charge in [-0.05, 0) is 24.3 Å². The predicted octanol–water partition coefficient (Wildman–Crippen LogP) is 3.63. The summed E-state index contributed by atoms with van der Waals surface area (Å²) in [7, 11) is -4.03. The number of pyridine rings is 1. The van der Waals surface area contributed by atoms with E-state index in [4.69, 9.17) is 34.8 Å². The van der Waals surface area contributed by atoms with Crippen LogP contribution in [-0.2, 0) is 10.0 Å². The lowest BCUT2D eigenvalue weighted by Crippen LogP contribution is -2.22. The number of hydrogen-bond donors (Lipinski definition) is 2. The highest BCUT2D eigenvalue weighted by atomic mass is 79.9. The summed E-state index contributed by atoms with van der Waals surface area (Å²) in [6.45, 7) is 0.581. The van der Waals surface area contributed by atoms with Gasteiger partial charge in [-0.1, -0.05) is 50.7 Å². The smallest absolute Gasteiger partial charge is 0.262 e. The average molecular weight is 552 g/mol. The van der Waals surface area contributed by atoms with Gasteiger partial charge < -0.3 is 5.43 Å². The van der Waals surface area contributed by atoms with E-state index in [1.807, 2.05) is 0 Å². The summed E-state index contributed by atoms with van der Waals surface area (Å²) in [5, 5.41) is 12.8. The summed E-state index contributed by atoms with van der Waals surface area (Å²) < 4.78 is 29.9. The van der Waals surface area contributed by atoms with Crippen LogP contribution >= 0.6 is 50.7 Å². The quantitative estimate of drug-likeness (QED) is 0.479. The van der Waals surface area contributed by atoms with Crippen LogP contribution in [0.3, 0.4) is 0 Å². The highest BCUT2D eigenvalue weighted by molar-refractivity contribution is 9.10. The van der Waals surface area contributed by atoms with Crippen LogP contribution in [0.2, 0.25) is 15.1 Å². The van der Waals surface area contributed by atoms with Crippen LogP contribution in [0, 0.1) is 0 Å². The topological polar surface area (TPSA) is 114 Å². The molecule has 3 heterocycles. The molecule has 4 rings (SSSR count). The number of halogens is 4. The molecule has 0 fully saturated rings. The predicted molar refractivity (Wildman–Crippen MR) is 119 cm³/mol. The molecule has 0 bridgehead atoms. The van der Waals surface area contributed by atoms with E-state index in [0.29, 0.717) is 12.4 Å². The number of sulfonamides is 1. The summed E-state index contributed by atoms with van der Waals surface area (Å²) in [6.07, 6.45) is 2.84. The molecule has 1 aliphatic rings. The minimum atomic E-state index is -4.03. The molecule has 156 valence electrons. The Morgan fingerprint density at radius 3 is 2.70 bits per heavy atom. The number of hydrogen-bond acceptors (Lipinski definition) is 7. The Labute approximate surface area is 194 Å². The fourth-order valence-electron chi connectivity index (χ4n) is 2.68. The zero-order chi connectivity index (χ0) is 21.5. The van der Waals surface area contributed by atoms with Crippen molar-refractivity contribution in [3.63, 3.8) is 0 Å². The van der Waals surface area contributed by atoms with Crippen LogP contribution in [-0.4, -0.2) is 45.4 Å². The standard InChI is InChI=1S/C16H11BrCl3N7O2S/c17-10-6-22-24-15(10)27-7-23-25-16(27)14-13(3-8(18)5-21-14)26-30(28,29)9-1-2-11(19)12(20)4-9/h1-5,7,10,22,26H,6H2. The monoisotopic (exact) mass is 549 g/mol. The van der Waals surface area contributed by atoms with Crippen LogP contribution < -0.4 is 10.1 Å². The summed E-state index contributed by atoms with van der Waals surface area (Å²) in [5.41, 5.74) is 3.20. The van der Waals surface area contributed by atoms with Gasteiger partial charge in [-0.25, -0.2) is 13.4 Å². The summed E-state index contributed by atoms with van der Waals surface area (Å²) >= 11 is 21.4. The first-order valence-corrected chi connectivity index (χ1v) is 11.8. The maximum Gasteiger partial charge on any atom is 0.262 e. The third-order valence-corrected chi connectivity index (χ3v) is 7.09. The number of hydrazone groups is 1. The molecule has 2 aromatic heterocycles. The SMILES string of the molecule is O=S(=O)(Nc1cc(Cl)cnc1-c1nncn1C1=NNCC1Br)c1ccc(Cl)c(Cl)c1. The summed E-state index contributed by atoms with van der Waals surface area (Å²) in [4.78, 5) is 4.11. The van der Waals surface area contributed by atoms with E-state index >= 15 is 0 Å². The zero-order valence-corrected chi connectivity index (χ0v) is 19.4. The molecular formula is C16H11BrCl3N7O2S. The Morgan fingerprint density at radius 2 is 2.00 bits per heavy atom. The number of rotatable bonds is 4. The van der Waals surface area contributed by atoms with Gasteiger partial charge in [0.25, 0.3) is 10.0 Å². The second kappa shape index (κ2) is 8.31. The molecule has 0 saturated heterocycles. The Bertz CT molecular complexity index is 1270. The van der Waals surface area contributed by atoms with Gasteiger partial charge in [-0.2, -0.15) is 5.10 Å². The van der Waals surface area contributed by atoms with Gasteiger partial charge in [0.1, 0.15) is 12.0 Å². The average Bonchev–Trinajstić information content (AvgIpc) is 3.32. The van der Waals surface area contributed by atoms with E-state index < -0.39 is 10.0 Å². The van der Waals surface area contributed by atoms with Gasteiger partial charge in [0.05, 0.1) is 37.0 Å². The normalized spacial score (nSPS) is 16.3. The Hall–Kier alpha value is -1.92. The van der Waals surface area contributed by atoms with E-state index in [1.54, 1.807) is 4.57 Å². The van der Waals surface area contributed by atoms with Crippen molar-refractivity contribution in [1.29, 1.82) is 0 Å². The fraction of sp³-hybridized carbons (Fsp3) is 0.125. The maximum atomic E-state index is 12.9. The van der Waals surface area contributed by atoms with E-state index in [0.717, 1.165) is 0 Å². The van der Waals surface area contributed by atoms with Gasteiger partial charge in [0, 0.05) is 6.20 Å². The molecule has 0 saturated carbocycles. The van der Waals surface area contributed by atoms with Gasteiger partial charge in [-0.3, -0.25) is 9.29 Å². The van der Waals surface area contributed by atoms with E-state index in [-0.39, 0.29) is 42.0 Å². The molecule has 9 nitrogen and oxygen atoms in total. The Kier molecular flexibility index (Phi) is 5.90. The number of alkyl halides is 1. The Balaban J connectivity index is 1.77. The molecular weight excluding hydrogens is 541 g/mol. The maximum absolute atomic E-state index is 12.9. The molecule has 14 heteroatoms. The van der Waals surface area contributed by atoms with Crippen molar-refractivity contribution < 1.29 is 8.42 Å². The lowest BCUT2D eigenvalue weighted by Gasteiger charge is -2.14. The summed E-state index contributed by atoms with van der Waals surface area (Å²) in [5.74, 6) is 0.885. The van der Waals surface area contributed by atoms with Crippen molar-refractivity contribution in [3.8, 4) is 11.5 Å². The fourth-order valence-corrected chi connectivity index (χ4v) is 4.75. The molecule has 0 spiro atoms. The third kappa shape index (κ3) is 4.12. The van der Waals surface area contributed by atoms with Crippen molar-refractivity contribution in [2.75, 3.05) is 11.3 Å². The Morgan fingerprint density at radius 1 is 1.20 bits per heavy atom. The van der Waals surface area contributed by atoms with Gasteiger partial charge in [-0.15, -0.1) is 10.2 Å². The van der Waals surface area contributed by atoms with Gasteiger partial charge in [0.2, 0.25) is 0 Å². The van der Waals surface area contributed by atoms with Gasteiger partial charge in [0.15, 0.2) is 11.7 Å². The molecule has 0 aliphatic carbocycles. The molecule has 30 heavy (non-hydrogen) atoms. The summed E-state index contributed by atoms with van der Waals surface area (Å²) in [6, 6.07) is 5.41. The lowest BCUT2D eigenvalue weighted by molar-refractivity contribution is 0.601. The number of nitrogens with one attached hydrogen (secondary N) is 2. The molecule has 1 unspecified atom stereocenters. The molecule has 0 radical (unpaired) electrons. The zero-order valence-electron chi connectivity index (χ0n) is 14.7. The van der Waals surface area contributed by atoms with Crippen molar-refractivity contribution in [3.05, 3.63) is 51.9 Å². The van der Waals surface area contributed by atoms with E-state index in [9.17, 15) is 8.42 Å². The minimum absolute atomic E-state index is 0.0748. The highest BCUT2D eigenvalue weighted by Crippen LogP contribution is 2.31. The molecule has 0 amide bonds. The highest BCUT2D eigenvalue weighted by Gasteiger charge is 2.26. The number of aromatic nitrogens is 4. The molecule has 1 aromatic carbocycles. The molecule has 3 aromatic rings. The van der Waals surface area contributed by atoms with Crippen LogP contribution in [0.15, 0.2) is 46.8 Å². The first-order chi connectivity index (χ1) is 14.3. The van der Waals surface area contributed by atoms with E-state index in [1.165, 1.54) is 36.8 Å². The van der Waals surface area contributed by atoms with E-state index in [2.05, 4.69) is 46.4 Å². The third-order valence-electron chi connectivity index (χ3n) is 4.05. The second-order valence-corrected chi connectivity index (χ2v) is 10.1. The second-order valence-electron chi connectivity index (χ2n) is 6.06. The van der Waals surface area contributed by atoms with Crippen LogP contribution in [0.5, 0.6) is 0 Å². The number of nitrogens with zero attached hydrogens (tertiary/aromatic N) is 5. The first-order valence-electron chi connectivity index (χ1n) is 8.25. The number of anilines is 1. The molecule has 2 N–H and O–H groups in total. The van der Waals surface area contributed by atoms with Crippen molar-refractivity contribution in [1.82, 2.24) is 25.2 Å². The van der Waals surface area contributed by atoms with Crippen LogP contribution in [0.4, 0.5) is 5.69 Å². The first kappa shape index (κ1) is 21.3. The minimum Gasteiger partial charge on any atom is -0.307 e. The van der Waals surface area contributed by atoms with Crippen molar-refractivity contribution in [2.45, 2.75) is 9.72 Å².